The smallest absolute Gasteiger partial charge is 0.282 e. The van der Waals surface area contributed by atoms with E-state index in [1.54, 1.807) is 30.3 Å². The molecule has 2 aliphatic rings. The first-order valence-corrected chi connectivity index (χ1v) is 8.97. The molecule has 1 saturated heterocycles. The fourth-order valence-corrected chi connectivity index (χ4v) is 4.10. The number of nitrogens with zero attached hydrogens (tertiary/aromatic N) is 2. The number of hydroxylamine groups is 1. The zero-order valence-electron chi connectivity index (χ0n) is 14.7. The molecule has 6 nitrogen and oxygen atoms in total. The lowest BCUT2D eigenvalue weighted by atomic mass is 9.70. The molecular weight excluding hydrogens is 342 g/mol. The van der Waals surface area contributed by atoms with E-state index in [4.69, 9.17) is 5.26 Å². The van der Waals surface area contributed by atoms with Crippen LogP contribution in [-0.4, -0.2) is 23.6 Å². The lowest BCUT2D eigenvalue weighted by Crippen LogP contribution is -2.36. The highest BCUT2D eigenvalue weighted by Gasteiger charge is 2.44. The molecule has 1 fully saturated rings. The van der Waals surface area contributed by atoms with Gasteiger partial charge in [0.2, 0.25) is 5.91 Å². The molecule has 0 unspecified atom stereocenters. The topological polar surface area (TPSA) is 93.4 Å². The zero-order chi connectivity index (χ0) is 19.0. The lowest BCUT2D eigenvalue weighted by molar-refractivity contribution is -0.128. The summed E-state index contributed by atoms with van der Waals surface area (Å²) in [4.78, 5) is 24.9. The predicted octanol–water partition coefficient (Wildman–Crippen LogP) is 2.59. The van der Waals surface area contributed by atoms with Crippen LogP contribution in [0.3, 0.4) is 0 Å². The Morgan fingerprint density at radius 2 is 2.00 bits per heavy atom. The summed E-state index contributed by atoms with van der Waals surface area (Å²) in [7, 11) is 0. The fraction of sp³-hybridized carbons (Fsp3) is 0.286. The number of benzene rings is 2. The monoisotopic (exact) mass is 361 g/mol. The minimum absolute atomic E-state index is 0.128. The Hall–Kier alpha value is -3.17. The maximum Gasteiger partial charge on any atom is 0.282 e. The van der Waals surface area contributed by atoms with E-state index in [1.807, 2.05) is 12.1 Å². The van der Waals surface area contributed by atoms with E-state index in [0.29, 0.717) is 17.0 Å². The molecule has 2 aromatic rings. The second-order valence-corrected chi connectivity index (χ2v) is 7.19. The first-order chi connectivity index (χ1) is 13.0. The molecule has 2 aromatic carbocycles. The molecule has 0 bridgehead atoms. The van der Waals surface area contributed by atoms with Crippen molar-refractivity contribution < 1.29 is 14.8 Å². The number of para-hydroxylation sites is 1. The summed E-state index contributed by atoms with van der Waals surface area (Å²) in [5.41, 5.74) is 2.54. The summed E-state index contributed by atoms with van der Waals surface area (Å²) in [6.45, 7) is 0.725. The van der Waals surface area contributed by atoms with Crippen LogP contribution >= 0.6 is 0 Å². The standard InChI is InChI=1S/C21H19N3O3/c22-13-17-3-1-2-4-18(17)24(27)19(25)15-5-6-16-12-21(8-7-14(16)11-15)9-10-23-20(21)26/h1-6,11,27H,7-10,12H2,(H,23,26)/t21-/m1/s1. The maximum absolute atomic E-state index is 12.7. The van der Waals surface area contributed by atoms with Crippen molar-refractivity contribution in [1.29, 1.82) is 5.26 Å². The number of hydrogen-bond acceptors (Lipinski definition) is 4. The number of carbonyl (C=O) groups excluding carboxylic acids is 2. The Bertz CT molecular complexity index is 979. The second kappa shape index (κ2) is 6.53. The number of rotatable bonds is 2. The highest BCUT2D eigenvalue weighted by atomic mass is 16.5. The number of anilines is 1. The van der Waals surface area contributed by atoms with Gasteiger partial charge in [0.15, 0.2) is 0 Å². The van der Waals surface area contributed by atoms with E-state index >= 15 is 0 Å². The third-order valence-corrected chi connectivity index (χ3v) is 5.67. The summed E-state index contributed by atoms with van der Waals surface area (Å²) in [6, 6.07) is 13.7. The van der Waals surface area contributed by atoms with Gasteiger partial charge in [0.25, 0.3) is 5.91 Å². The first kappa shape index (κ1) is 17.3. The van der Waals surface area contributed by atoms with Crippen LogP contribution in [-0.2, 0) is 17.6 Å². The van der Waals surface area contributed by atoms with Crippen LogP contribution in [0, 0.1) is 16.7 Å². The first-order valence-electron chi connectivity index (χ1n) is 8.97. The summed E-state index contributed by atoms with van der Waals surface area (Å²) in [5, 5.41) is 23.0. The van der Waals surface area contributed by atoms with Gasteiger partial charge in [0.05, 0.1) is 16.7 Å². The number of carbonyl (C=O) groups is 2. The van der Waals surface area contributed by atoms with E-state index in [-0.39, 0.29) is 22.6 Å². The summed E-state index contributed by atoms with van der Waals surface area (Å²) < 4.78 is 0. The quantitative estimate of drug-likeness (QED) is 0.635. The predicted molar refractivity (Wildman–Crippen MR) is 98.3 cm³/mol. The molecule has 1 atom stereocenters. The lowest BCUT2D eigenvalue weighted by Gasteiger charge is -2.32. The van der Waals surface area contributed by atoms with Crippen LogP contribution in [0.25, 0.3) is 0 Å². The number of aryl methyl sites for hydroxylation is 1. The van der Waals surface area contributed by atoms with Crippen molar-refractivity contribution in [2.45, 2.75) is 25.7 Å². The number of hydrogen-bond donors (Lipinski definition) is 2. The Kier molecular flexibility index (Phi) is 4.17. The molecule has 2 N–H and O–H groups in total. The molecule has 4 rings (SSSR count). The van der Waals surface area contributed by atoms with Gasteiger partial charge in [-0.15, -0.1) is 0 Å². The minimum Gasteiger partial charge on any atom is -0.356 e. The molecule has 2 amide bonds. The van der Waals surface area contributed by atoms with Crippen LogP contribution in [0.15, 0.2) is 42.5 Å². The Morgan fingerprint density at radius 3 is 2.74 bits per heavy atom. The largest absolute Gasteiger partial charge is 0.356 e. The second-order valence-electron chi connectivity index (χ2n) is 7.19. The number of fused-ring (bicyclic) bond motifs is 1. The maximum atomic E-state index is 12.7. The minimum atomic E-state index is -0.584. The van der Waals surface area contributed by atoms with Crippen LogP contribution in [0.2, 0.25) is 0 Å². The van der Waals surface area contributed by atoms with Gasteiger partial charge in [-0.3, -0.25) is 14.8 Å². The molecular formula is C21H19N3O3. The molecule has 6 heteroatoms. The molecule has 0 saturated carbocycles. The van der Waals surface area contributed by atoms with Gasteiger partial charge in [-0.2, -0.15) is 10.3 Å². The van der Waals surface area contributed by atoms with E-state index in [2.05, 4.69) is 5.32 Å². The summed E-state index contributed by atoms with van der Waals surface area (Å²) in [6.07, 6.45) is 3.03. The normalized spacial score (nSPS) is 20.7. The van der Waals surface area contributed by atoms with Crippen molar-refractivity contribution in [3.63, 3.8) is 0 Å². The molecule has 136 valence electrons. The molecule has 1 heterocycles. The van der Waals surface area contributed by atoms with Crippen LogP contribution in [0.1, 0.15) is 39.9 Å². The van der Waals surface area contributed by atoms with Crippen LogP contribution < -0.4 is 10.4 Å². The molecule has 27 heavy (non-hydrogen) atoms. The number of nitrogens with one attached hydrogen (secondary N) is 1. The van der Waals surface area contributed by atoms with Gasteiger partial charge in [-0.05, 0) is 61.1 Å². The molecule has 0 aromatic heterocycles. The van der Waals surface area contributed by atoms with Gasteiger partial charge in [-0.1, -0.05) is 18.2 Å². The van der Waals surface area contributed by atoms with Gasteiger partial charge >= 0.3 is 0 Å². The van der Waals surface area contributed by atoms with E-state index in [9.17, 15) is 14.8 Å². The fourth-order valence-electron chi connectivity index (χ4n) is 4.10. The third kappa shape index (κ3) is 2.86. The Morgan fingerprint density at radius 1 is 1.19 bits per heavy atom. The van der Waals surface area contributed by atoms with Crippen molar-refractivity contribution in [2.75, 3.05) is 11.6 Å². The Balaban J connectivity index is 1.60. The molecule has 0 radical (unpaired) electrons. The van der Waals surface area contributed by atoms with Crippen molar-refractivity contribution in [2.24, 2.45) is 5.41 Å². The van der Waals surface area contributed by atoms with Gasteiger partial charge in [-0.25, -0.2) is 0 Å². The number of amides is 2. The zero-order valence-corrected chi connectivity index (χ0v) is 14.7. The van der Waals surface area contributed by atoms with E-state index in [0.717, 1.165) is 36.9 Å². The number of nitriles is 1. The van der Waals surface area contributed by atoms with Gasteiger partial charge < -0.3 is 5.32 Å². The summed E-state index contributed by atoms with van der Waals surface area (Å²) in [5.74, 6) is -0.456. The van der Waals surface area contributed by atoms with Crippen molar-refractivity contribution in [3.8, 4) is 6.07 Å². The molecule has 1 aliphatic heterocycles. The van der Waals surface area contributed by atoms with Crippen molar-refractivity contribution in [1.82, 2.24) is 5.32 Å². The Labute approximate surface area is 157 Å². The molecule has 1 aliphatic carbocycles. The SMILES string of the molecule is N#Cc1ccccc1N(O)C(=O)c1ccc2c(c1)CC[C@@]1(CCNC1=O)C2. The van der Waals surface area contributed by atoms with Crippen LogP contribution in [0.4, 0.5) is 5.69 Å². The highest BCUT2D eigenvalue weighted by molar-refractivity contribution is 6.05. The van der Waals surface area contributed by atoms with Crippen molar-refractivity contribution in [3.05, 3.63) is 64.7 Å². The van der Waals surface area contributed by atoms with Gasteiger partial charge in [0.1, 0.15) is 6.07 Å². The summed E-state index contributed by atoms with van der Waals surface area (Å²) >= 11 is 0. The third-order valence-electron chi connectivity index (χ3n) is 5.67. The van der Waals surface area contributed by atoms with E-state index < -0.39 is 5.91 Å². The highest BCUT2D eigenvalue weighted by Crippen LogP contribution is 2.41. The molecule has 1 spiro atoms. The van der Waals surface area contributed by atoms with E-state index in [1.165, 1.54) is 6.07 Å². The van der Waals surface area contributed by atoms with Gasteiger partial charge in [0, 0.05) is 12.1 Å². The van der Waals surface area contributed by atoms with Crippen LogP contribution in [0.5, 0.6) is 0 Å². The average Bonchev–Trinajstić information content (AvgIpc) is 3.05. The average molecular weight is 361 g/mol. The van der Waals surface area contributed by atoms with Crippen molar-refractivity contribution >= 4 is 17.5 Å².